The molecule has 1 saturated carbocycles. The lowest BCUT2D eigenvalue weighted by atomic mass is 9.97. The number of aryl methyl sites for hydroxylation is 1. The monoisotopic (exact) mass is 502 g/mol. The highest BCUT2D eigenvalue weighted by Gasteiger charge is 2.47. The van der Waals surface area contributed by atoms with Gasteiger partial charge in [0.15, 0.2) is 0 Å². The van der Waals surface area contributed by atoms with Crippen molar-refractivity contribution >= 4 is 22.5 Å². The number of rotatable bonds is 9. The summed E-state index contributed by atoms with van der Waals surface area (Å²) < 4.78 is 5.34. The standard InChI is InChI=1S/C27H33N3O2.C4H9N/c1-5-14-30(15-6-2)20-16-24(22-8-7-13-28-25(22)17-20)27(11-12-27)29-26(31)23-18-21(32-4)10-9-19(23)3;1-5-3-2-4-5/h7-10,13,16-18H,5-6,11-12,14-15H2,1-4H3,(H,29,31);2-4H2,1H3. The van der Waals surface area contributed by atoms with Crippen molar-refractivity contribution in [2.24, 2.45) is 0 Å². The molecule has 0 radical (unpaired) electrons. The number of pyridine rings is 1. The number of nitrogens with one attached hydrogen (secondary N) is 1. The molecule has 0 spiro atoms. The number of fused-ring (bicyclic) bond motifs is 1. The Morgan fingerprint density at radius 1 is 1.11 bits per heavy atom. The number of nitrogens with zero attached hydrogens (tertiary/aromatic N) is 3. The van der Waals surface area contributed by atoms with E-state index in [0.717, 1.165) is 55.2 Å². The van der Waals surface area contributed by atoms with E-state index in [1.54, 1.807) is 7.11 Å². The minimum atomic E-state index is -0.353. The molecule has 3 aromatic rings. The molecule has 6 nitrogen and oxygen atoms in total. The van der Waals surface area contributed by atoms with Gasteiger partial charge in [0.2, 0.25) is 0 Å². The minimum absolute atomic E-state index is 0.0553. The second-order valence-corrected chi connectivity index (χ2v) is 10.4. The molecule has 37 heavy (non-hydrogen) atoms. The zero-order valence-electron chi connectivity index (χ0n) is 23.1. The van der Waals surface area contributed by atoms with E-state index in [9.17, 15) is 4.79 Å². The van der Waals surface area contributed by atoms with E-state index in [0.29, 0.717) is 11.3 Å². The molecule has 1 aromatic heterocycles. The molecule has 1 amide bonds. The van der Waals surface area contributed by atoms with Crippen LogP contribution in [0, 0.1) is 6.92 Å². The Morgan fingerprint density at radius 3 is 2.38 bits per heavy atom. The van der Waals surface area contributed by atoms with Crippen molar-refractivity contribution in [3.63, 3.8) is 0 Å². The lowest BCUT2D eigenvalue weighted by molar-refractivity contribution is 0.0930. The number of aromatic nitrogens is 1. The summed E-state index contributed by atoms with van der Waals surface area (Å²) >= 11 is 0. The minimum Gasteiger partial charge on any atom is -0.497 e. The van der Waals surface area contributed by atoms with Gasteiger partial charge in [-0.3, -0.25) is 9.78 Å². The molecule has 1 aliphatic carbocycles. The third kappa shape index (κ3) is 6.24. The van der Waals surface area contributed by atoms with E-state index >= 15 is 0 Å². The first-order valence-electron chi connectivity index (χ1n) is 13.7. The summed E-state index contributed by atoms with van der Waals surface area (Å²) in [6, 6.07) is 14.2. The van der Waals surface area contributed by atoms with Crippen molar-refractivity contribution in [1.82, 2.24) is 15.2 Å². The third-order valence-electron chi connectivity index (χ3n) is 7.45. The number of ether oxygens (including phenoxy) is 1. The first-order chi connectivity index (χ1) is 17.9. The first kappa shape index (κ1) is 26.9. The van der Waals surface area contributed by atoms with E-state index in [-0.39, 0.29) is 11.4 Å². The summed E-state index contributed by atoms with van der Waals surface area (Å²) in [6.07, 6.45) is 7.29. The van der Waals surface area contributed by atoms with Crippen molar-refractivity contribution < 1.29 is 9.53 Å². The SMILES string of the molecule is CCCN(CCC)c1cc(C2(NC(=O)c3cc(OC)ccc3C)CC2)c2cccnc2c1.CN1CCC1. The Kier molecular flexibility index (Phi) is 8.70. The second-order valence-electron chi connectivity index (χ2n) is 10.4. The lowest BCUT2D eigenvalue weighted by Crippen LogP contribution is -2.35. The molecule has 1 saturated heterocycles. The number of carbonyl (C=O) groups excluding carboxylic acids is 1. The van der Waals surface area contributed by atoms with Gasteiger partial charge in [0.25, 0.3) is 5.91 Å². The van der Waals surface area contributed by atoms with Crippen LogP contribution in [0.25, 0.3) is 10.9 Å². The molecule has 2 aromatic carbocycles. The highest BCUT2D eigenvalue weighted by molar-refractivity contribution is 5.97. The molecular formula is C31H42N4O2. The number of hydrogen-bond donors (Lipinski definition) is 1. The first-order valence-corrected chi connectivity index (χ1v) is 13.7. The quantitative estimate of drug-likeness (QED) is 0.394. The van der Waals surface area contributed by atoms with Gasteiger partial charge in [-0.05, 0) is 101 Å². The van der Waals surface area contributed by atoms with Gasteiger partial charge in [-0.15, -0.1) is 0 Å². The molecule has 6 heteroatoms. The van der Waals surface area contributed by atoms with Crippen LogP contribution in [-0.2, 0) is 5.54 Å². The van der Waals surface area contributed by atoms with Gasteiger partial charge >= 0.3 is 0 Å². The number of amides is 1. The molecule has 5 rings (SSSR count). The van der Waals surface area contributed by atoms with Crippen molar-refractivity contribution in [1.29, 1.82) is 0 Å². The average Bonchev–Trinajstić information content (AvgIpc) is 3.67. The Labute approximate surface area is 222 Å². The Bertz CT molecular complexity index is 1210. The predicted octanol–water partition coefficient (Wildman–Crippen LogP) is 5.92. The lowest BCUT2D eigenvalue weighted by Gasteiger charge is -2.27. The molecular weight excluding hydrogens is 460 g/mol. The van der Waals surface area contributed by atoms with E-state index in [2.05, 4.69) is 59.2 Å². The number of anilines is 1. The summed E-state index contributed by atoms with van der Waals surface area (Å²) in [5, 5.41) is 4.49. The highest BCUT2D eigenvalue weighted by Crippen LogP contribution is 2.49. The molecule has 2 fully saturated rings. The number of likely N-dealkylation sites (tertiary alicyclic amines) is 1. The fourth-order valence-corrected chi connectivity index (χ4v) is 4.97. The van der Waals surface area contributed by atoms with E-state index in [1.165, 1.54) is 30.8 Å². The van der Waals surface area contributed by atoms with Gasteiger partial charge in [-0.2, -0.15) is 0 Å². The second kappa shape index (κ2) is 12.0. The summed E-state index contributed by atoms with van der Waals surface area (Å²) in [4.78, 5) is 22.7. The summed E-state index contributed by atoms with van der Waals surface area (Å²) in [5.74, 6) is 0.636. The highest BCUT2D eigenvalue weighted by atomic mass is 16.5. The van der Waals surface area contributed by atoms with E-state index in [4.69, 9.17) is 4.74 Å². The van der Waals surface area contributed by atoms with Gasteiger partial charge in [0, 0.05) is 35.9 Å². The number of hydrogen-bond acceptors (Lipinski definition) is 5. The Balaban J connectivity index is 0.000000572. The van der Waals surface area contributed by atoms with Crippen LogP contribution in [0.4, 0.5) is 5.69 Å². The maximum atomic E-state index is 13.3. The summed E-state index contributed by atoms with van der Waals surface area (Å²) in [7, 11) is 3.77. The molecule has 0 atom stereocenters. The normalized spacial score (nSPS) is 15.8. The maximum Gasteiger partial charge on any atom is 0.252 e. The number of benzene rings is 2. The average molecular weight is 503 g/mol. The van der Waals surface area contributed by atoms with Gasteiger partial charge < -0.3 is 19.9 Å². The van der Waals surface area contributed by atoms with Crippen LogP contribution in [0.3, 0.4) is 0 Å². The number of carbonyl (C=O) groups is 1. The third-order valence-corrected chi connectivity index (χ3v) is 7.45. The van der Waals surface area contributed by atoms with Crippen molar-refractivity contribution in [3.8, 4) is 5.75 Å². The number of methoxy groups -OCH3 is 1. The van der Waals surface area contributed by atoms with Crippen LogP contribution in [-0.4, -0.2) is 56.1 Å². The van der Waals surface area contributed by atoms with Crippen LogP contribution < -0.4 is 15.0 Å². The smallest absolute Gasteiger partial charge is 0.252 e. The molecule has 1 aliphatic heterocycles. The van der Waals surface area contributed by atoms with Gasteiger partial charge in [0.05, 0.1) is 18.2 Å². The van der Waals surface area contributed by atoms with E-state index < -0.39 is 0 Å². The fraction of sp³-hybridized carbons (Fsp3) is 0.484. The van der Waals surface area contributed by atoms with Crippen LogP contribution >= 0.6 is 0 Å². The molecule has 198 valence electrons. The van der Waals surface area contributed by atoms with Gasteiger partial charge in [-0.1, -0.05) is 26.0 Å². The largest absolute Gasteiger partial charge is 0.497 e. The van der Waals surface area contributed by atoms with Crippen molar-refractivity contribution in [3.05, 3.63) is 65.4 Å². The molecule has 0 unspecified atom stereocenters. The van der Waals surface area contributed by atoms with Crippen LogP contribution in [0.1, 0.15) is 67.4 Å². The van der Waals surface area contributed by atoms with E-state index in [1.807, 2.05) is 37.4 Å². The molecule has 0 bridgehead atoms. The Hall–Kier alpha value is -3.12. The van der Waals surface area contributed by atoms with Gasteiger partial charge in [-0.25, -0.2) is 0 Å². The summed E-state index contributed by atoms with van der Waals surface area (Å²) in [6.45, 7) is 11.0. The zero-order valence-corrected chi connectivity index (χ0v) is 23.1. The van der Waals surface area contributed by atoms with Crippen LogP contribution in [0.15, 0.2) is 48.7 Å². The topological polar surface area (TPSA) is 57.7 Å². The predicted molar refractivity (Wildman–Crippen MR) is 153 cm³/mol. The molecule has 1 N–H and O–H groups in total. The van der Waals surface area contributed by atoms with Crippen molar-refractivity contribution in [2.75, 3.05) is 45.2 Å². The van der Waals surface area contributed by atoms with Crippen LogP contribution in [0.2, 0.25) is 0 Å². The maximum absolute atomic E-state index is 13.3. The fourth-order valence-electron chi connectivity index (χ4n) is 4.97. The van der Waals surface area contributed by atoms with Crippen molar-refractivity contribution in [2.45, 2.75) is 58.4 Å². The van der Waals surface area contributed by atoms with Gasteiger partial charge in [0.1, 0.15) is 5.75 Å². The molecule has 2 heterocycles. The van der Waals surface area contributed by atoms with Crippen LogP contribution in [0.5, 0.6) is 5.75 Å². The molecule has 2 aliphatic rings. The zero-order chi connectivity index (χ0) is 26.4. The Morgan fingerprint density at radius 2 is 1.81 bits per heavy atom. The summed E-state index contributed by atoms with van der Waals surface area (Å²) in [5.41, 5.74) is 4.59.